The van der Waals surface area contributed by atoms with Crippen LogP contribution in [-0.2, 0) is 16.0 Å². The minimum absolute atomic E-state index is 0.0502. The molecule has 2 aromatic carbocycles. The van der Waals surface area contributed by atoms with Gasteiger partial charge in [-0.05, 0) is 29.8 Å². The lowest BCUT2D eigenvalue weighted by Gasteiger charge is -2.22. The van der Waals surface area contributed by atoms with Gasteiger partial charge in [0.25, 0.3) is 11.8 Å². The Kier molecular flexibility index (Phi) is 7.46. The summed E-state index contributed by atoms with van der Waals surface area (Å²) in [5, 5.41) is 21.6. The van der Waals surface area contributed by atoms with Crippen LogP contribution < -0.4 is 9.47 Å². The number of aromatic hydroxyl groups is 1. The molecule has 37 heavy (non-hydrogen) atoms. The van der Waals surface area contributed by atoms with Crippen LogP contribution in [0, 0.1) is 5.21 Å². The van der Waals surface area contributed by atoms with Crippen LogP contribution in [0.1, 0.15) is 37.9 Å². The zero-order valence-corrected chi connectivity index (χ0v) is 20.1. The van der Waals surface area contributed by atoms with E-state index >= 15 is 0 Å². The zero-order chi connectivity index (χ0) is 26.9. The number of amides is 2. The first kappa shape index (κ1) is 26.1. The van der Waals surface area contributed by atoms with Gasteiger partial charge in [0.1, 0.15) is 22.7 Å². The fourth-order valence-electron chi connectivity index (χ4n) is 3.78. The molecule has 13 heteroatoms. The molecule has 1 aromatic heterocycles. The Balaban J connectivity index is 1.61. The van der Waals surface area contributed by atoms with E-state index in [0.717, 1.165) is 29.4 Å². The van der Waals surface area contributed by atoms with E-state index in [1.807, 2.05) is 0 Å². The highest BCUT2D eigenvalue weighted by atomic mass is 35.5. The normalized spacial score (nSPS) is 13.6. The number of phenols is 1. The summed E-state index contributed by atoms with van der Waals surface area (Å²) >= 11 is 12.3. The number of halogens is 4. The number of imide groups is 1. The van der Waals surface area contributed by atoms with Crippen molar-refractivity contribution in [2.45, 2.75) is 19.1 Å². The number of rotatable bonds is 8. The lowest BCUT2D eigenvalue weighted by molar-refractivity contribution is -0.605. The molecule has 4 rings (SSSR count). The lowest BCUT2D eigenvalue weighted by Crippen LogP contribution is -2.36. The van der Waals surface area contributed by atoms with Gasteiger partial charge >= 0.3 is 12.6 Å². The molecule has 0 bridgehead atoms. The van der Waals surface area contributed by atoms with Crippen LogP contribution >= 0.6 is 23.2 Å². The number of benzene rings is 2. The summed E-state index contributed by atoms with van der Waals surface area (Å²) in [6.45, 7) is -3.91. The number of pyridine rings is 1. The number of ether oxygens (including phenoxy) is 2. The maximum absolute atomic E-state index is 12.9. The maximum Gasteiger partial charge on any atom is 0.387 e. The molecular formula is C24H16Cl2F2N2O7. The SMILES string of the molecule is O=C(CN1C(=O)c2ccccc2C1=O)OC(Cc1c(Cl)c[n+]([O-])cc1Cl)c1ccc(OC(F)F)c(O)c1. The van der Waals surface area contributed by atoms with Crippen molar-refractivity contribution in [1.29, 1.82) is 0 Å². The highest BCUT2D eigenvalue weighted by molar-refractivity contribution is 6.35. The second-order valence-electron chi connectivity index (χ2n) is 7.82. The van der Waals surface area contributed by atoms with E-state index < -0.39 is 48.5 Å². The van der Waals surface area contributed by atoms with Gasteiger partial charge in [-0.2, -0.15) is 13.5 Å². The van der Waals surface area contributed by atoms with Gasteiger partial charge in [0, 0.05) is 12.0 Å². The van der Waals surface area contributed by atoms with E-state index in [2.05, 4.69) is 4.74 Å². The molecule has 1 N–H and O–H groups in total. The number of esters is 1. The molecule has 1 unspecified atom stereocenters. The molecule has 1 atom stereocenters. The quantitative estimate of drug-likeness (QED) is 0.193. The molecule has 2 heterocycles. The molecule has 192 valence electrons. The Morgan fingerprint density at radius 1 is 1.05 bits per heavy atom. The van der Waals surface area contributed by atoms with Crippen LogP contribution in [0.15, 0.2) is 54.9 Å². The highest BCUT2D eigenvalue weighted by Crippen LogP contribution is 2.35. The van der Waals surface area contributed by atoms with Crippen LogP contribution in [0.25, 0.3) is 0 Å². The van der Waals surface area contributed by atoms with E-state index in [4.69, 9.17) is 27.9 Å². The Labute approximate surface area is 217 Å². The van der Waals surface area contributed by atoms with E-state index in [9.17, 15) is 33.5 Å². The summed E-state index contributed by atoms with van der Waals surface area (Å²) < 4.78 is 35.3. The molecule has 0 spiro atoms. The number of phenolic OH excluding ortho intramolecular Hbond substituents is 1. The minimum Gasteiger partial charge on any atom is -0.619 e. The smallest absolute Gasteiger partial charge is 0.387 e. The number of hydrogen-bond acceptors (Lipinski definition) is 7. The fourth-order valence-corrected chi connectivity index (χ4v) is 4.38. The molecule has 0 aliphatic carbocycles. The van der Waals surface area contributed by atoms with Crippen molar-refractivity contribution in [3.63, 3.8) is 0 Å². The number of alkyl halides is 2. The third kappa shape index (κ3) is 5.57. The van der Waals surface area contributed by atoms with Crippen LogP contribution in [0.2, 0.25) is 10.0 Å². The van der Waals surface area contributed by atoms with Gasteiger partial charge in [-0.1, -0.05) is 41.4 Å². The largest absolute Gasteiger partial charge is 0.619 e. The molecule has 0 saturated heterocycles. The van der Waals surface area contributed by atoms with Gasteiger partial charge in [-0.3, -0.25) is 19.3 Å². The summed E-state index contributed by atoms with van der Waals surface area (Å²) in [5.74, 6) is -3.52. The molecule has 9 nitrogen and oxygen atoms in total. The van der Waals surface area contributed by atoms with Gasteiger partial charge < -0.3 is 19.8 Å². The number of nitrogens with zero attached hydrogens (tertiary/aromatic N) is 2. The van der Waals surface area contributed by atoms with Crippen molar-refractivity contribution in [2.24, 2.45) is 0 Å². The van der Waals surface area contributed by atoms with Crippen molar-refractivity contribution in [3.8, 4) is 11.5 Å². The van der Waals surface area contributed by atoms with Gasteiger partial charge in [-0.25, -0.2) is 0 Å². The van der Waals surface area contributed by atoms with Crippen LogP contribution in [-0.4, -0.2) is 40.9 Å². The van der Waals surface area contributed by atoms with Crippen molar-refractivity contribution < 1.29 is 42.5 Å². The standard InChI is InChI=1S/C24H16Cl2F2N2O7/c25-16-9-29(35)10-17(26)15(16)8-20(12-5-6-19(18(31)7-12)37-24(27)28)36-21(32)11-30-22(33)13-3-1-2-4-14(13)23(30)34/h1-7,9-10,20,24,31H,8,11H2. The van der Waals surface area contributed by atoms with Gasteiger partial charge in [-0.15, -0.1) is 0 Å². The van der Waals surface area contributed by atoms with Crippen molar-refractivity contribution in [2.75, 3.05) is 6.54 Å². The summed E-state index contributed by atoms with van der Waals surface area (Å²) in [6.07, 6.45) is 0.613. The number of fused-ring (bicyclic) bond motifs is 1. The summed E-state index contributed by atoms with van der Waals surface area (Å²) in [6, 6.07) is 9.41. The highest BCUT2D eigenvalue weighted by Gasteiger charge is 2.37. The summed E-state index contributed by atoms with van der Waals surface area (Å²) in [5.41, 5.74) is 0.623. The van der Waals surface area contributed by atoms with E-state index in [0.29, 0.717) is 4.73 Å². The second-order valence-corrected chi connectivity index (χ2v) is 8.64. The number of aromatic nitrogens is 1. The number of carbonyl (C=O) groups is 3. The van der Waals surface area contributed by atoms with Gasteiger partial charge in [0.2, 0.25) is 0 Å². The van der Waals surface area contributed by atoms with Gasteiger partial charge in [0.05, 0.1) is 11.1 Å². The van der Waals surface area contributed by atoms with E-state index in [1.165, 1.54) is 18.2 Å². The van der Waals surface area contributed by atoms with Crippen molar-refractivity contribution >= 4 is 41.0 Å². The second kappa shape index (κ2) is 10.6. The number of hydrogen-bond donors (Lipinski definition) is 1. The zero-order valence-electron chi connectivity index (χ0n) is 18.6. The first-order valence-electron chi connectivity index (χ1n) is 10.5. The third-order valence-electron chi connectivity index (χ3n) is 5.46. The molecule has 0 radical (unpaired) electrons. The summed E-state index contributed by atoms with van der Waals surface area (Å²) in [4.78, 5) is 38.8. The Morgan fingerprint density at radius 3 is 2.19 bits per heavy atom. The predicted molar refractivity (Wildman–Crippen MR) is 125 cm³/mol. The van der Waals surface area contributed by atoms with Crippen LogP contribution in [0.4, 0.5) is 8.78 Å². The Morgan fingerprint density at radius 2 is 1.65 bits per heavy atom. The maximum atomic E-state index is 12.9. The summed E-state index contributed by atoms with van der Waals surface area (Å²) in [7, 11) is 0. The molecule has 0 saturated carbocycles. The van der Waals surface area contributed by atoms with Crippen LogP contribution in [0.3, 0.4) is 0 Å². The topological polar surface area (TPSA) is 120 Å². The van der Waals surface area contributed by atoms with E-state index in [-0.39, 0.29) is 38.7 Å². The molecule has 2 amide bonds. The fraction of sp³-hybridized carbons (Fsp3) is 0.167. The minimum atomic E-state index is -3.19. The Hall–Kier alpha value is -3.96. The van der Waals surface area contributed by atoms with Crippen molar-refractivity contribution in [1.82, 2.24) is 4.90 Å². The van der Waals surface area contributed by atoms with E-state index in [1.54, 1.807) is 12.1 Å². The lowest BCUT2D eigenvalue weighted by atomic mass is 10.0. The molecule has 1 aliphatic rings. The molecular weight excluding hydrogens is 537 g/mol. The molecule has 3 aromatic rings. The van der Waals surface area contributed by atoms with Gasteiger partial charge in [0.15, 0.2) is 23.9 Å². The first-order valence-corrected chi connectivity index (χ1v) is 11.3. The predicted octanol–water partition coefficient (Wildman–Crippen LogP) is 4.06. The molecule has 0 fully saturated rings. The average molecular weight is 553 g/mol. The Bertz CT molecular complexity index is 1350. The van der Waals surface area contributed by atoms with Crippen molar-refractivity contribution in [3.05, 3.63) is 92.4 Å². The van der Waals surface area contributed by atoms with Crippen LogP contribution in [0.5, 0.6) is 11.5 Å². The molecule has 1 aliphatic heterocycles. The number of carbonyl (C=O) groups excluding carboxylic acids is 3. The average Bonchev–Trinajstić information content (AvgIpc) is 3.06. The first-order chi connectivity index (χ1) is 17.5. The monoisotopic (exact) mass is 552 g/mol. The third-order valence-corrected chi connectivity index (χ3v) is 6.11.